The summed E-state index contributed by atoms with van der Waals surface area (Å²) in [5.41, 5.74) is 1.09. The molecular formula is C22H27BrO3. The molecule has 1 unspecified atom stereocenters. The molecule has 1 N–H and O–H groups in total. The van der Waals surface area contributed by atoms with Gasteiger partial charge in [0.15, 0.2) is 0 Å². The molecule has 0 saturated heterocycles. The van der Waals surface area contributed by atoms with Gasteiger partial charge in [-0.15, -0.1) is 0 Å². The van der Waals surface area contributed by atoms with E-state index >= 15 is 0 Å². The van der Waals surface area contributed by atoms with Gasteiger partial charge in [-0.1, -0.05) is 66.4 Å². The average Bonchev–Trinajstić information content (AvgIpc) is 2.66. The molecule has 0 fully saturated rings. The van der Waals surface area contributed by atoms with E-state index in [1.54, 1.807) is 19.1 Å². The lowest BCUT2D eigenvalue weighted by atomic mass is 9.82. The molecule has 0 aliphatic carbocycles. The predicted octanol–water partition coefficient (Wildman–Crippen LogP) is 5.83. The quantitative estimate of drug-likeness (QED) is 0.411. The maximum Gasteiger partial charge on any atom is 0.338 e. The van der Waals surface area contributed by atoms with Crippen molar-refractivity contribution in [3.05, 3.63) is 69.7 Å². The Morgan fingerprint density at radius 2 is 1.54 bits per heavy atom. The molecule has 26 heavy (non-hydrogen) atoms. The highest BCUT2D eigenvalue weighted by molar-refractivity contribution is 9.10. The van der Waals surface area contributed by atoms with E-state index in [0.717, 1.165) is 41.3 Å². The summed E-state index contributed by atoms with van der Waals surface area (Å²) in [4.78, 5) is 11.9. The maximum atomic E-state index is 11.9. The van der Waals surface area contributed by atoms with Gasteiger partial charge in [-0.2, -0.15) is 0 Å². The summed E-state index contributed by atoms with van der Waals surface area (Å²) < 4.78 is 6.02. The highest BCUT2D eigenvalue weighted by atomic mass is 79.9. The molecule has 2 aromatic carbocycles. The number of carbonyl (C=O) groups is 1. The molecule has 0 saturated carbocycles. The number of hydrogen-bond donors (Lipinski definition) is 1. The summed E-state index contributed by atoms with van der Waals surface area (Å²) in [7, 11) is 0. The molecule has 0 heterocycles. The summed E-state index contributed by atoms with van der Waals surface area (Å²) in [6, 6.07) is 14.9. The molecule has 1 atom stereocenters. The average molecular weight is 419 g/mol. The van der Waals surface area contributed by atoms with E-state index in [1.807, 2.05) is 36.4 Å². The second-order valence-electron chi connectivity index (χ2n) is 6.48. The van der Waals surface area contributed by atoms with Gasteiger partial charge in [0.05, 0.1) is 12.2 Å². The molecule has 2 aromatic rings. The van der Waals surface area contributed by atoms with Crippen LogP contribution in [0.4, 0.5) is 0 Å². The van der Waals surface area contributed by atoms with Crippen LogP contribution >= 0.6 is 15.9 Å². The van der Waals surface area contributed by atoms with Gasteiger partial charge in [0.1, 0.15) is 5.60 Å². The number of carbonyl (C=O) groups excluding carboxylic acids is 1. The minimum Gasteiger partial charge on any atom is -0.462 e. The molecule has 140 valence electrons. The van der Waals surface area contributed by atoms with E-state index in [2.05, 4.69) is 22.9 Å². The van der Waals surface area contributed by atoms with Crippen molar-refractivity contribution < 1.29 is 14.6 Å². The van der Waals surface area contributed by atoms with Crippen LogP contribution in [-0.4, -0.2) is 17.7 Å². The number of benzene rings is 2. The summed E-state index contributed by atoms with van der Waals surface area (Å²) in [5.74, 6) is -0.339. The summed E-state index contributed by atoms with van der Waals surface area (Å²) in [5, 5.41) is 11.5. The SMILES string of the molecule is CCCCCCC(O)(c1ccc(Br)cc1)c1ccc(C(=O)OCC)cc1. The Morgan fingerprint density at radius 3 is 2.08 bits per heavy atom. The number of unbranched alkanes of at least 4 members (excludes halogenated alkanes) is 3. The van der Waals surface area contributed by atoms with Crippen LogP contribution in [0.5, 0.6) is 0 Å². The molecular weight excluding hydrogens is 392 g/mol. The molecule has 0 aliphatic heterocycles. The standard InChI is InChI=1S/C22H27BrO3/c1-3-5-6-7-16-22(25,19-12-14-20(23)15-13-19)18-10-8-17(9-11-18)21(24)26-4-2/h8-15,25H,3-7,16H2,1-2H3. The van der Waals surface area contributed by atoms with Crippen LogP contribution in [0.25, 0.3) is 0 Å². The van der Waals surface area contributed by atoms with E-state index < -0.39 is 5.60 Å². The van der Waals surface area contributed by atoms with Crippen LogP contribution in [0.15, 0.2) is 53.0 Å². The highest BCUT2D eigenvalue weighted by Crippen LogP contribution is 2.35. The zero-order valence-electron chi connectivity index (χ0n) is 15.5. The van der Waals surface area contributed by atoms with Gasteiger partial charge in [-0.3, -0.25) is 0 Å². The fourth-order valence-corrected chi connectivity index (χ4v) is 3.35. The minimum atomic E-state index is -1.07. The Hall–Kier alpha value is -1.65. The van der Waals surface area contributed by atoms with Crippen molar-refractivity contribution >= 4 is 21.9 Å². The molecule has 0 bridgehead atoms. The number of hydrogen-bond acceptors (Lipinski definition) is 3. The van der Waals surface area contributed by atoms with Crippen molar-refractivity contribution in [2.24, 2.45) is 0 Å². The molecule has 0 aromatic heterocycles. The van der Waals surface area contributed by atoms with Crippen molar-refractivity contribution in [2.75, 3.05) is 6.61 Å². The fraction of sp³-hybridized carbons (Fsp3) is 0.409. The maximum absolute atomic E-state index is 11.9. The van der Waals surface area contributed by atoms with E-state index in [1.165, 1.54) is 0 Å². The smallest absolute Gasteiger partial charge is 0.338 e. The van der Waals surface area contributed by atoms with Crippen molar-refractivity contribution in [3.63, 3.8) is 0 Å². The lowest BCUT2D eigenvalue weighted by Crippen LogP contribution is -2.27. The van der Waals surface area contributed by atoms with Crippen molar-refractivity contribution in [2.45, 2.75) is 51.6 Å². The first kappa shape index (κ1) is 20.7. The first-order valence-electron chi connectivity index (χ1n) is 9.27. The highest BCUT2D eigenvalue weighted by Gasteiger charge is 2.31. The zero-order valence-corrected chi connectivity index (χ0v) is 17.1. The molecule has 2 rings (SSSR count). The van der Waals surface area contributed by atoms with Crippen LogP contribution in [0, 0.1) is 0 Å². The van der Waals surface area contributed by atoms with Gasteiger partial charge in [-0.25, -0.2) is 4.79 Å². The third-order valence-electron chi connectivity index (χ3n) is 4.59. The topological polar surface area (TPSA) is 46.5 Å². The number of rotatable bonds is 9. The van der Waals surface area contributed by atoms with E-state index in [4.69, 9.17) is 4.74 Å². The molecule has 3 nitrogen and oxygen atoms in total. The van der Waals surface area contributed by atoms with Crippen LogP contribution in [0.1, 0.15) is 67.4 Å². The Kier molecular flexibility index (Phi) is 7.85. The van der Waals surface area contributed by atoms with Gasteiger partial charge in [0, 0.05) is 4.47 Å². The molecule has 0 aliphatic rings. The largest absolute Gasteiger partial charge is 0.462 e. The Morgan fingerprint density at radius 1 is 0.962 bits per heavy atom. The van der Waals surface area contributed by atoms with Crippen molar-refractivity contribution in [1.29, 1.82) is 0 Å². The molecule has 0 spiro atoms. The number of aliphatic hydroxyl groups is 1. The van der Waals surface area contributed by atoms with Gasteiger partial charge >= 0.3 is 5.97 Å². The van der Waals surface area contributed by atoms with Crippen LogP contribution in [0.2, 0.25) is 0 Å². The number of halogens is 1. The van der Waals surface area contributed by atoms with Gasteiger partial charge in [0.25, 0.3) is 0 Å². The summed E-state index contributed by atoms with van der Waals surface area (Å²) >= 11 is 3.45. The lowest BCUT2D eigenvalue weighted by molar-refractivity contribution is 0.0524. The van der Waals surface area contributed by atoms with Crippen LogP contribution in [-0.2, 0) is 10.3 Å². The number of esters is 1. The zero-order chi connectivity index (χ0) is 19.0. The normalized spacial score (nSPS) is 13.2. The minimum absolute atomic E-state index is 0.339. The predicted molar refractivity (Wildman–Crippen MR) is 108 cm³/mol. The van der Waals surface area contributed by atoms with Gasteiger partial charge in [-0.05, 0) is 55.2 Å². The van der Waals surface area contributed by atoms with Gasteiger partial charge < -0.3 is 9.84 Å². The second kappa shape index (κ2) is 9.89. The number of ether oxygens (including phenoxy) is 1. The summed E-state index contributed by atoms with van der Waals surface area (Å²) in [6.45, 7) is 4.31. The Labute approximate surface area is 164 Å². The second-order valence-corrected chi connectivity index (χ2v) is 7.39. The van der Waals surface area contributed by atoms with E-state index in [9.17, 15) is 9.90 Å². The molecule has 0 amide bonds. The molecule has 0 radical (unpaired) electrons. The lowest BCUT2D eigenvalue weighted by Gasteiger charge is -2.30. The van der Waals surface area contributed by atoms with Crippen molar-refractivity contribution in [3.8, 4) is 0 Å². The van der Waals surface area contributed by atoms with Crippen LogP contribution in [0.3, 0.4) is 0 Å². The molecule has 4 heteroatoms. The monoisotopic (exact) mass is 418 g/mol. The van der Waals surface area contributed by atoms with E-state index in [0.29, 0.717) is 18.6 Å². The van der Waals surface area contributed by atoms with E-state index in [-0.39, 0.29) is 5.97 Å². The Balaban J connectivity index is 2.30. The van der Waals surface area contributed by atoms with Crippen LogP contribution < -0.4 is 0 Å². The van der Waals surface area contributed by atoms with Gasteiger partial charge in [0.2, 0.25) is 0 Å². The third-order valence-corrected chi connectivity index (χ3v) is 5.12. The van der Waals surface area contributed by atoms with Crippen molar-refractivity contribution in [1.82, 2.24) is 0 Å². The first-order chi connectivity index (χ1) is 12.5. The summed E-state index contributed by atoms with van der Waals surface area (Å²) in [6.07, 6.45) is 5.01. The first-order valence-corrected chi connectivity index (χ1v) is 10.1. The fourth-order valence-electron chi connectivity index (χ4n) is 3.09. The third kappa shape index (κ3) is 5.18. The Bertz CT molecular complexity index is 694.